The Morgan fingerprint density at radius 1 is 0.917 bits per heavy atom. The van der Waals surface area contributed by atoms with E-state index < -0.39 is 11.9 Å². The SMILES string of the molecule is CCCCCCCCCOC(=O)/C=C/C(=O)OC1CC2CCC1C2. The highest BCUT2D eigenvalue weighted by Crippen LogP contribution is 2.45. The monoisotopic (exact) mass is 336 g/mol. The molecule has 0 aromatic heterocycles. The Hall–Kier alpha value is -1.32. The molecule has 0 aliphatic heterocycles. The van der Waals surface area contributed by atoms with Gasteiger partial charge in [0.15, 0.2) is 0 Å². The number of rotatable bonds is 11. The van der Waals surface area contributed by atoms with Crippen LogP contribution in [0.1, 0.15) is 77.6 Å². The third kappa shape index (κ3) is 6.66. The van der Waals surface area contributed by atoms with Crippen molar-refractivity contribution < 1.29 is 19.1 Å². The van der Waals surface area contributed by atoms with Crippen molar-refractivity contribution in [1.29, 1.82) is 0 Å². The average molecular weight is 336 g/mol. The largest absolute Gasteiger partial charge is 0.463 e. The Bertz CT molecular complexity index is 429. The van der Waals surface area contributed by atoms with Gasteiger partial charge >= 0.3 is 11.9 Å². The van der Waals surface area contributed by atoms with Crippen molar-refractivity contribution in [3.63, 3.8) is 0 Å². The Labute approximate surface area is 146 Å². The Morgan fingerprint density at radius 3 is 2.29 bits per heavy atom. The number of hydrogen-bond acceptors (Lipinski definition) is 4. The summed E-state index contributed by atoms with van der Waals surface area (Å²) in [6.45, 7) is 2.64. The number of fused-ring (bicyclic) bond motifs is 2. The second-order valence-electron chi connectivity index (χ2n) is 7.27. The minimum atomic E-state index is -0.453. The van der Waals surface area contributed by atoms with Crippen molar-refractivity contribution in [2.24, 2.45) is 11.8 Å². The molecule has 4 nitrogen and oxygen atoms in total. The molecule has 3 atom stereocenters. The van der Waals surface area contributed by atoms with Crippen molar-refractivity contribution in [1.82, 2.24) is 0 Å². The molecule has 0 N–H and O–H groups in total. The molecule has 2 saturated carbocycles. The summed E-state index contributed by atoms with van der Waals surface area (Å²) >= 11 is 0. The van der Waals surface area contributed by atoms with E-state index >= 15 is 0 Å². The predicted octanol–water partition coefficient (Wildman–Crippen LogP) is 4.57. The third-order valence-corrected chi connectivity index (χ3v) is 5.29. The van der Waals surface area contributed by atoms with Crippen LogP contribution in [0.4, 0.5) is 0 Å². The summed E-state index contributed by atoms with van der Waals surface area (Å²) in [4.78, 5) is 23.3. The molecule has 0 radical (unpaired) electrons. The summed E-state index contributed by atoms with van der Waals surface area (Å²) < 4.78 is 10.6. The Morgan fingerprint density at radius 2 is 1.62 bits per heavy atom. The van der Waals surface area contributed by atoms with Crippen LogP contribution in [0, 0.1) is 11.8 Å². The molecule has 2 rings (SSSR count). The predicted molar refractivity (Wildman–Crippen MR) is 93.4 cm³/mol. The highest BCUT2D eigenvalue weighted by Gasteiger charge is 2.41. The molecule has 0 amide bonds. The number of carbonyl (C=O) groups is 2. The van der Waals surface area contributed by atoms with Gasteiger partial charge in [-0.2, -0.15) is 0 Å². The fourth-order valence-corrected chi connectivity index (χ4v) is 3.94. The maximum absolute atomic E-state index is 11.8. The van der Waals surface area contributed by atoms with Gasteiger partial charge in [0.05, 0.1) is 6.61 Å². The molecule has 2 fully saturated rings. The molecule has 2 aliphatic carbocycles. The van der Waals surface area contributed by atoms with Crippen molar-refractivity contribution in [3.8, 4) is 0 Å². The summed E-state index contributed by atoms with van der Waals surface area (Å²) in [5, 5.41) is 0. The summed E-state index contributed by atoms with van der Waals surface area (Å²) in [6, 6.07) is 0. The van der Waals surface area contributed by atoms with Crippen molar-refractivity contribution in [2.45, 2.75) is 83.7 Å². The van der Waals surface area contributed by atoms with Crippen molar-refractivity contribution >= 4 is 11.9 Å². The summed E-state index contributed by atoms with van der Waals surface area (Å²) in [7, 11) is 0. The quantitative estimate of drug-likeness (QED) is 0.315. The number of ether oxygens (including phenoxy) is 2. The molecule has 24 heavy (non-hydrogen) atoms. The minimum absolute atomic E-state index is 0.0598. The van der Waals surface area contributed by atoms with Crippen LogP contribution in [-0.2, 0) is 19.1 Å². The van der Waals surface area contributed by atoms with E-state index in [-0.39, 0.29) is 6.10 Å². The van der Waals surface area contributed by atoms with Gasteiger partial charge in [0.1, 0.15) is 6.10 Å². The molecular formula is C20H32O4. The van der Waals surface area contributed by atoms with Crippen LogP contribution in [0.3, 0.4) is 0 Å². The lowest BCUT2D eigenvalue weighted by Crippen LogP contribution is -2.23. The number of esters is 2. The molecule has 2 aliphatic rings. The zero-order valence-corrected chi connectivity index (χ0v) is 15.0. The fourth-order valence-electron chi connectivity index (χ4n) is 3.94. The second-order valence-corrected chi connectivity index (χ2v) is 7.27. The van der Waals surface area contributed by atoms with E-state index in [2.05, 4.69) is 6.92 Å². The van der Waals surface area contributed by atoms with Crippen LogP contribution in [0.2, 0.25) is 0 Å². The smallest absolute Gasteiger partial charge is 0.331 e. The first-order valence-corrected chi connectivity index (χ1v) is 9.74. The van der Waals surface area contributed by atoms with Gasteiger partial charge in [-0.3, -0.25) is 0 Å². The first-order chi connectivity index (χ1) is 11.7. The average Bonchev–Trinajstić information content (AvgIpc) is 3.18. The van der Waals surface area contributed by atoms with Gasteiger partial charge in [-0.15, -0.1) is 0 Å². The summed E-state index contributed by atoms with van der Waals surface area (Å²) in [6.07, 6.45) is 15.4. The molecule has 0 aromatic carbocycles. The summed E-state index contributed by atoms with van der Waals surface area (Å²) in [5.41, 5.74) is 0. The molecule has 2 bridgehead atoms. The van der Waals surface area contributed by atoms with Crippen molar-refractivity contribution in [3.05, 3.63) is 12.2 Å². The van der Waals surface area contributed by atoms with Crippen LogP contribution >= 0.6 is 0 Å². The molecule has 0 heterocycles. The van der Waals surface area contributed by atoms with Crippen LogP contribution in [0.5, 0.6) is 0 Å². The van der Waals surface area contributed by atoms with E-state index in [1.54, 1.807) is 0 Å². The molecule has 136 valence electrons. The van der Waals surface area contributed by atoms with E-state index in [0.29, 0.717) is 12.5 Å². The van der Waals surface area contributed by atoms with Gasteiger partial charge in [-0.1, -0.05) is 45.4 Å². The Balaban J connectivity index is 1.49. The van der Waals surface area contributed by atoms with Gasteiger partial charge in [-0.25, -0.2) is 9.59 Å². The lowest BCUT2D eigenvalue weighted by atomic mass is 9.98. The first kappa shape index (κ1) is 19.0. The fraction of sp³-hybridized carbons (Fsp3) is 0.800. The van der Waals surface area contributed by atoms with E-state index in [4.69, 9.17) is 9.47 Å². The van der Waals surface area contributed by atoms with Crippen LogP contribution in [-0.4, -0.2) is 24.6 Å². The normalized spacial score (nSPS) is 25.3. The van der Waals surface area contributed by atoms with Crippen LogP contribution in [0.15, 0.2) is 12.2 Å². The van der Waals surface area contributed by atoms with E-state index in [9.17, 15) is 9.59 Å². The van der Waals surface area contributed by atoms with E-state index in [1.165, 1.54) is 63.5 Å². The second kappa shape index (κ2) is 10.5. The molecule has 0 saturated heterocycles. The lowest BCUT2D eigenvalue weighted by molar-refractivity contribution is -0.146. The highest BCUT2D eigenvalue weighted by atomic mass is 16.5. The van der Waals surface area contributed by atoms with Crippen LogP contribution in [0.25, 0.3) is 0 Å². The van der Waals surface area contributed by atoms with Gasteiger partial charge in [0.25, 0.3) is 0 Å². The van der Waals surface area contributed by atoms with Gasteiger partial charge in [-0.05, 0) is 43.9 Å². The molecule has 0 spiro atoms. The first-order valence-electron chi connectivity index (χ1n) is 9.74. The molecule has 4 heteroatoms. The number of unbranched alkanes of at least 4 members (excludes halogenated alkanes) is 6. The lowest BCUT2D eigenvalue weighted by Gasteiger charge is -2.20. The van der Waals surface area contributed by atoms with Gasteiger partial charge < -0.3 is 9.47 Å². The maximum Gasteiger partial charge on any atom is 0.331 e. The Kier molecular flexibility index (Phi) is 8.34. The maximum atomic E-state index is 11.8. The highest BCUT2D eigenvalue weighted by molar-refractivity contribution is 5.91. The standard InChI is InChI=1S/C20H32O4/c1-2-3-4-5-6-7-8-13-23-19(21)11-12-20(22)24-18-15-16-9-10-17(18)14-16/h11-12,16-18H,2-10,13-15H2,1H3/b12-11+. The molecular weight excluding hydrogens is 304 g/mol. The third-order valence-electron chi connectivity index (χ3n) is 5.29. The number of hydrogen-bond donors (Lipinski definition) is 0. The zero-order valence-electron chi connectivity index (χ0n) is 15.0. The van der Waals surface area contributed by atoms with E-state index in [0.717, 1.165) is 25.2 Å². The van der Waals surface area contributed by atoms with Gasteiger partial charge in [0, 0.05) is 12.2 Å². The number of carbonyl (C=O) groups excluding carboxylic acids is 2. The summed E-state index contributed by atoms with van der Waals surface area (Å²) in [5.74, 6) is 0.409. The molecule has 3 unspecified atom stereocenters. The topological polar surface area (TPSA) is 52.6 Å². The minimum Gasteiger partial charge on any atom is -0.463 e. The van der Waals surface area contributed by atoms with Crippen molar-refractivity contribution in [2.75, 3.05) is 6.61 Å². The molecule has 0 aromatic rings. The van der Waals surface area contributed by atoms with Crippen LogP contribution < -0.4 is 0 Å². The zero-order chi connectivity index (χ0) is 17.2. The van der Waals surface area contributed by atoms with Gasteiger partial charge in [0.2, 0.25) is 0 Å². The van der Waals surface area contributed by atoms with E-state index in [1.807, 2.05) is 0 Å².